The van der Waals surface area contributed by atoms with E-state index in [1.165, 1.54) is 6.42 Å². The first-order chi connectivity index (χ1) is 9.75. The number of aliphatic hydroxyl groups is 1. The molecule has 5 nitrogen and oxygen atoms in total. The van der Waals surface area contributed by atoms with Gasteiger partial charge in [0.25, 0.3) is 0 Å². The lowest BCUT2D eigenvalue weighted by Crippen LogP contribution is -2.45. The maximum absolute atomic E-state index is 12.5. The van der Waals surface area contributed by atoms with E-state index in [1.54, 1.807) is 6.20 Å². The lowest BCUT2D eigenvalue weighted by Gasteiger charge is -2.37. The van der Waals surface area contributed by atoms with Gasteiger partial charge < -0.3 is 10.0 Å². The van der Waals surface area contributed by atoms with Gasteiger partial charge >= 0.3 is 0 Å². The van der Waals surface area contributed by atoms with Crippen LogP contribution < -0.4 is 0 Å². The van der Waals surface area contributed by atoms with Crippen molar-refractivity contribution in [3.63, 3.8) is 0 Å². The summed E-state index contributed by atoms with van der Waals surface area (Å²) in [5.74, 6) is 0.437. The molecule has 0 spiro atoms. The highest BCUT2D eigenvalue weighted by Gasteiger charge is 2.38. The van der Waals surface area contributed by atoms with Gasteiger partial charge in [-0.1, -0.05) is 12.8 Å². The number of aromatic nitrogens is 2. The van der Waals surface area contributed by atoms with Crippen LogP contribution in [0.4, 0.5) is 0 Å². The maximum Gasteiger partial charge on any atom is 0.228 e. The van der Waals surface area contributed by atoms with Crippen molar-refractivity contribution in [2.75, 3.05) is 6.54 Å². The largest absolute Gasteiger partial charge is 0.393 e. The van der Waals surface area contributed by atoms with Crippen LogP contribution in [-0.4, -0.2) is 44.8 Å². The molecule has 1 saturated heterocycles. The summed E-state index contributed by atoms with van der Waals surface area (Å²) < 4.78 is 0. The van der Waals surface area contributed by atoms with Crippen molar-refractivity contribution in [3.05, 3.63) is 18.0 Å². The average molecular weight is 277 g/mol. The van der Waals surface area contributed by atoms with Crippen LogP contribution in [-0.2, 0) is 11.2 Å². The third-order valence-corrected chi connectivity index (χ3v) is 4.80. The third kappa shape index (κ3) is 2.73. The minimum atomic E-state index is -0.227. The average Bonchev–Trinajstić information content (AvgIpc) is 3.09. The molecular weight excluding hydrogens is 254 g/mol. The van der Waals surface area contributed by atoms with Crippen LogP contribution in [0.15, 0.2) is 12.3 Å². The Morgan fingerprint density at radius 3 is 2.95 bits per heavy atom. The number of nitrogens with one attached hydrogen (secondary N) is 1. The first-order valence-corrected chi connectivity index (χ1v) is 7.71. The Labute approximate surface area is 119 Å². The van der Waals surface area contributed by atoms with Crippen LogP contribution in [0, 0.1) is 5.92 Å². The van der Waals surface area contributed by atoms with Gasteiger partial charge in [0.15, 0.2) is 0 Å². The van der Waals surface area contributed by atoms with Crippen molar-refractivity contribution < 1.29 is 9.90 Å². The zero-order valence-electron chi connectivity index (χ0n) is 11.8. The van der Waals surface area contributed by atoms with Gasteiger partial charge in [0, 0.05) is 30.4 Å². The van der Waals surface area contributed by atoms with Crippen LogP contribution in [0.25, 0.3) is 0 Å². The Morgan fingerprint density at radius 1 is 1.35 bits per heavy atom. The van der Waals surface area contributed by atoms with Gasteiger partial charge in [0.05, 0.1) is 12.5 Å². The maximum atomic E-state index is 12.5. The second kappa shape index (κ2) is 5.95. The van der Waals surface area contributed by atoms with Crippen molar-refractivity contribution in [3.8, 4) is 0 Å². The van der Waals surface area contributed by atoms with Crippen LogP contribution in [0.2, 0.25) is 0 Å². The number of likely N-dealkylation sites (tertiary alicyclic amines) is 1. The van der Waals surface area contributed by atoms with E-state index < -0.39 is 0 Å². The quantitative estimate of drug-likeness (QED) is 0.879. The predicted octanol–water partition coefficient (Wildman–Crippen LogP) is 1.49. The Bertz CT molecular complexity index is 446. The van der Waals surface area contributed by atoms with E-state index in [0.29, 0.717) is 6.42 Å². The van der Waals surface area contributed by atoms with E-state index in [-0.39, 0.29) is 24.0 Å². The second-order valence-corrected chi connectivity index (χ2v) is 6.07. The highest BCUT2D eigenvalue weighted by atomic mass is 16.3. The van der Waals surface area contributed by atoms with Gasteiger partial charge in [-0.3, -0.25) is 9.89 Å². The summed E-state index contributed by atoms with van der Waals surface area (Å²) in [6.07, 6.45) is 8.18. The topological polar surface area (TPSA) is 69.2 Å². The summed E-state index contributed by atoms with van der Waals surface area (Å²) in [7, 11) is 0. The molecule has 2 N–H and O–H groups in total. The number of hydrogen-bond acceptors (Lipinski definition) is 3. The Kier molecular flexibility index (Phi) is 4.05. The van der Waals surface area contributed by atoms with Crippen molar-refractivity contribution in [1.82, 2.24) is 15.1 Å². The van der Waals surface area contributed by atoms with Crippen LogP contribution in [0.1, 0.15) is 44.2 Å². The first kappa shape index (κ1) is 13.6. The standard InChI is InChI=1S/C15H23N3O2/c19-14-6-2-1-4-12(14)13-5-3-9-18(13)15(20)10-11-7-8-16-17-11/h7-8,12-14,19H,1-6,9-10H2,(H,16,17)/t12-,13+,14+/m0/s1. The monoisotopic (exact) mass is 277 g/mol. The number of aliphatic hydroxyl groups excluding tert-OH is 1. The molecule has 0 radical (unpaired) electrons. The van der Waals surface area contributed by atoms with E-state index in [1.807, 2.05) is 11.0 Å². The number of H-pyrrole nitrogens is 1. The Morgan fingerprint density at radius 2 is 2.20 bits per heavy atom. The molecule has 0 bridgehead atoms. The van der Waals surface area contributed by atoms with Gasteiger partial charge in [-0.25, -0.2) is 0 Å². The summed E-state index contributed by atoms with van der Waals surface area (Å²) in [6.45, 7) is 0.834. The first-order valence-electron chi connectivity index (χ1n) is 7.71. The predicted molar refractivity (Wildman–Crippen MR) is 75.0 cm³/mol. The highest BCUT2D eigenvalue weighted by molar-refractivity contribution is 5.79. The fraction of sp³-hybridized carbons (Fsp3) is 0.733. The number of rotatable bonds is 3. The molecule has 1 amide bonds. The normalized spacial score (nSPS) is 30.6. The molecule has 1 saturated carbocycles. The van der Waals surface area contributed by atoms with E-state index in [2.05, 4.69) is 10.2 Å². The van der Waals surface area contributed by atoms with Gasteiger partial charge in [0.2, 0.25) is 5.91 Å². The minimum Gasteiger partial charge on any atom is -0.393 e. The number of nitrogens with zero attached hydrogens (tertiary/aromatic N) is 2. The number of carbonyl (C=O) groups excluding carboxylic acids is 1. The Balaban J connectivity index is 1.66. The number of hydrogen-bond donors (Lipinski definition) is 2. The lowest BCUT2D eigenvalue weighted by atomic mass is 9.80. The number of aromatic amines is 1. The molecular formula is C15H23N3O2. The van der Waals surface area contributed by atoms with E-state index >= 15 is 0 Å². The summed E-state index contributed by atoms with van der Waals surface area (Å²) in [4.78, 5) is 14.5. The fourth-order valence-electron chi connectivity index (χ4n) is 3.78. The fourth-order valence-corrected chi connectivity index (χ4v) is 3.78. The molecule has 1 aromatic rings. The molecule has 1 aliphatic carbocycles. The van der Waals surface area contributed by atoms with Crippen LogP contribution >= 0.6 is 0 Å². The molecule has 20 heavy (non-hydrogen) atoms. The smallest absolute Gasteiger partial charge is 0.228 e. The summed E-state index contributed by atoms with van der Waals surface area (Å²) in [5, 5.41) is 17.0. The molecule has 2 heterocycles. The van der Waals surface area contributed by atoms with Crippen molar-refractivity contribution >= 4 is 5.91 Å². The molecule has 1 aliphatic heterocycles. The molecule has 2 fully saturated rings. The number of carbonyl (C=O) groups is 1. The molecule has 3 atom stereocenters. The molecule has 0 aromatic carbocycles. The molecule has 110 valence electrons. The third-order valence-electron chi connectivity index (χ3n) is 4.80. The van der Waals surface area contributed by atoms with E-state index in [4.69, 9.17) is 0 Å². The Hall–Kier alpha value is -1.36. The van der Waals surface area contributed by atoms with Crippen molar-refractivity contribution in [2.24, 2.45) is 5.92 Å². The zero-order chi connectivity index (χ0) is 13.9. The molecule has 5 heteroatoms. The van der Waals surface area contributed by atoms with Crippen molar-refractivity contribution in [2.45, 2.75) is 57.1 Å². The highest BCUT2D eigenvalue weighted by Crippen LogP contribution is 2.34. The zero-order valence-corrected chi connectivity index (χ0v) is 11.8. The van der Waals surface area contributed by atoms with E-state index in [9.17, 15) is 9.90 Å². The summed E-state index contributed by atoms with van der Waals surface area (Å²) in [6, 6.07) is 2.08. The minimum absolute atomic E-state index is 0.162. The molecule has 0 unspecified atom stereocenters. The number of amides is 1. The van der Waals surface area contributed by atoms with Gasteiger partial charge in [0.1, 0.15) is 0 Å². The lowest BCUT2D eigenvalue weighted by molar-refractivity contribution is -0.133. The molecule has 3 rings (SSSR count). The van der Waals surface area contributed by atoms with E-state index in [0.717, 1.165) is 44.3 Å². The van der Waals surface area contributed by atoms with Gasteiger partial charge in [-0.2, -0.15) is 5.10 Å². The second-order valence-electron chi connectivity index (χ2n) is 6.07. The molecule has 2 aliphatic rings. The SMILES string of the molecule is O=C(Cc1ccn[nH]1)N1CCC[C@@H]1[C@@H]1CCCC[C@H]1O. The van der Waals surface area contributed by atoms with Crippen LogP contribution in [0.3, 0.4) is 0 Å². The summed E-state index contributed by atoms with van der Waals surface area (Å²) in [5.41, 5.74) is 0.866. The van der Waals surface area contributed by atoms with Gasteiger partial charge in [-0.15, -0.1) is 0 Å². The van der Waals surface area contributed by atoms with Gasteiger partial charge in [-0.05, 0) is 31.7 Å². The van der Waals surface area contributed by atoms with Crippen LogP contribution in [0.5, 0.6) is 0 Å². The summed E-state index contributed by atoms with van der Waals surface area (Å²) >= 11 is 0. The van der Waals surface area contributed by atoms with Crippen molar-refractivity contribution in [1.29, 1.82) is 0 Å². The molecule has 1 aromatic heterocycles.